The van der Waals surface area contributed by atoms with E-state index in [-0.39, 0.29) is 6.03 Å². The molecule has 1 aromatic rings. The van der Waals surface area contributed by atoms with Gasteiger partial charge in [-0.1, -0.05) is 0 Å². The molecule has 1 atom stereocenters. The van der Waals surface area contributed by atoms with Gasteiger partial charge >= 0.3 is 12.0 Å². The highest BCUT2D eigenvalue weighted by molar-refractivity contribution is 5.94. The zero-order valence-corrected chi connectivity index (χ0v) is 10.8. The van der Waals surface area contributed by atoms with E-state index in [9.17, 15) is 14.7 Å². The molecule has 1 unspecified atom stereocenters. The summed E-state index contributed by atoms with van der Waals surface area (Å²) >= 11 is 0. The molecule has 0 bridgehead atoms. The Hall–Kier alpha value is -2.11. The van der Waals surface area contributed by atoms with Crippen LogP contribution in [0.4, 0.5) is 10.5 Å². The van der Waals surface area contributed by atoms with Crippen LogP contribution in [0.5, 0.6) is 0 Å². The molecule has 0 saturated carbocycles. The average molecular weight is 263 g/mol. The number of carboxylic acids is 1. The van der Waals surface area contributed by atoms with E-state index in [0.717, 1.165) is 12.8 Å². The highest BCUT2D eigenvalue weighted by Crippen LogP contribution is 2.21. The first-order chi connectivity index (χ1) is 9.11. The van der Waals surface area contributed by atoms with Crippen molar-refractivity contribution in [2.24, 2.45) is 0 Å². The molecule has 102 valence electrons. The summed E-state index contributed by atoms with van der Waals surface area (Å²) in [7, 11) is 1.63. The van der Waals surface area contributed by atoms with Crippen molar-refractivity contribution in [3.63, 3.8) is 0 Å². The Morgan fingerprint density at radius 1 is 1.47 bits per heavy atom. The first kappa shape index (κ1) is 13.3. The van der Waals surface area contributed by atoms with Crippen LogP contribution in [0.1, 0.15) is 19.3 Å². The maximum absolute atomic E-state index is 12.4. The summed E-state index contributed by atoms with van der Waals surface area (Å²) in [5.74, 6) is -0.937. The van der Waals surface area contributed by atoms with Gasteiger partial charge in [0, 0.05) is 19.8 Å². The fraction of sp³-hybridized carbons (Fsp3) is 0.462. The van der Waals surface area contributed by atoms with E-state index in [1.807, 2.05) is 0 Å². The van der Waals surface area contributed by atoms with Crippen molar-refractivity contribution < 1.29 is 14.7 Å². The van der Waals surface area contributed by atoms with Crippen LogP contribution in [-0.4, -0.2) is 46.6 Å². The van der Waals surface area contributed by atoms with Gasteiger partial charge in [0.15, 0.2) is 0 Å². The Balaban J connectivity index is 2.15. The molecule has 0 aromatic carbocycles. The summed E-state index contributed by atoms with van der Waals surface area (Å²) in [6.07, 6.45) is 5.41. The number of hydrogen-bond acceptors (Lipinski definition) is 3. The molecule has 1 N–H and O–H groups in total. The predicted molar refractivity (Wildman–Crippen MR) is 70.0 cm³/mol. The third kappa shape index (κ3) is 2.83. The minimum Gasteiger partial charge on any atom is -0.480 e. The van der Waals surface area contributed by atoms with Crippen LogP contribution in [0.2, 0.25) is 0 Å². The van der Waals surface area contributed by atoms with Crippen LogP contribution < -0.4 is 4.90 Å². The van der Waals surface area contributed by atoms with E-state index < -0.39 is 12.0 Å². The maximum Gasteiger partial charge on any atom is 0.326 e. The molecule has 6 nitrogen and oxygen atoms in total. The summed E-state index contributed by atoms with van der Waals surface area (Å²) in [5.41, 5.74) is 0.655. The molecular weight excluding hydrogens is 246 g/mol. The number of anilines is 1. The summed E-state index contributed by atoms with van der Waals surface area (Å²) < 4.78 is 0. The summed E-state index contributed by atoms with van der Waals surface area (Å²) in [4.78, 5) is 30.4. The highest BCUT2D eigenvalue weighted by Gasteiger charge is 2.33. The molecule has 1 fully saturated rings. The van der Waals surface area contributed by atoms with E-state index in [0.29, 0.717) is 18.7 Å². The SMILES string of the molecule is CN(C(=O)N1CCCCC1C(=O)O)c1cccnc1. The normalized spacial score (nSPS) is 19.0. The van der Waals surface area contributed by atoms with Crippen molar-refractivity contribution in [1.82, 2.24) is 9.88 Å². The van der Waals surface area contributed by atoms with Crippen molar-refractivity contribution in [3.05, 3.63) is 24.5 Å². The first-order valence-corrected chi connectivity index (χ1v) is 6.28. The number of pyridine rings is 1. The Morgan fingerprint density at radius 3 is 2.89 bits per heavy atom. The zero-order chi connectivity index (χ0) is 13.8. The molecule has 1 aliphatic heterocycles. The zero-order valence-electron chi connectivity index (χ0n) is 10.8. The number of rotatable bonds is 2. The van der Waals surface area contributed by atoms with Gasteiger partial charge in [-0.2, -0.15) is 0 Å². The molecule has 2 rings (SSSR count). The second kappa shape index (κ2) is 5.69. The second-order valence-electron chi connectivity index (χ2n) is 4.60. The lowest BCUT2D eigenvalue weighted by Crippen LogP contribution is -2.52. The van der Waals surface area contributed by atoms with E-state index in [2.05, 4.69) is 4.98 Å². The monoisotopic (exact) mass is 263 g/mol. The Bertz CT molecular complexity index is 463. The Labute approximate surface area is 111 Å². The number of nitrogens with zero attached hydrogens (tertiary/aromatic N) is 3. The molecule has 19 heavy (non-hydrogen) atoms. The van der Waals surface area contributed by atoms with Gasteiger partial charge in [0.1, 0.15) is 6.04 Å². The standard InChI is InChI=1S/C13H17N3O3/c1-15(10-5-4-7-14-9-10)13(19)16-8-3-2-6-11(16)12(17)18/h4-5,7,9,11H,2-3,6,8H2,1H3,(H,17,18). The summed E-state index contributed by atoms with van der Waals surface area (Å²) in [6.45, 7) is 0.487. The van der Waals surface area contributed by atoms with Crippen LogP contribution >= 0.6 is 0 Å². The molecule has 0 spiro atoms. The molecule has 6 heteroatoms. The average Bonchev–Trinajstić information content (AvgIpc) is 2.46. The van der Waals surface area contributed by atoms with Crippen molar-refractivity contribution in [2.75, 3.05) is 18.5 Å². The van der Waals surface area contributed by atoms with Crippen LogP contribution in [0.3, 0.4) is 0 Å². The molecular formula is C13H17N3O3. The van der Waals surface area contributed by atoms with Gasteiger partial charge in [-0.05, 0) is 31.4 Å². The van der Waals surface area contributed by atoms with Crippen LogP contribution in [-0.2, 0) is 4.79 Å². The van der Waals surface area contributed by atoms with Crippen molar-refractivity contribution in [3.8, 4) is 0 Å². The van der Waals surface area contributed by atoms with Crippen LogP contribution in [0, 0.1) is 0 Å². The topological polar surface area (TPSA) is 73.7 Å². The Kier molecular flexibility index (Phi) is 3.99. The number of amides is 2. The number of urea groups is 1. The largest absolute Gasteiger partial charge is 0.480 e. The minimum absolute atomic E-state index is 0.292. The van der Waals surface area contributed by atoms with Crippen molar-refractivity contribution >= 4 is 17.7 Å². The smallest absolute Gasteiger partial charge is 0.326 e. The van der Waals surface area contributed by atoms with Crippen LogP contribution in [0.15, 0.2) is 24.5 Å². The number of likely N-dealkylation sites (tertiary alicyclic amines) is 1. The van der Waals surface area contributed by atoms with Crippen LogP contribution in [0.25, 0.3) is 0 Å². The molecule has 2 amide bonds. The molecule has 1 aromatic heterocycles. The lowest BCUT2D eigenvalue weighted by atomic mass is 10.0. The molecule has 1 saturated heterocycles. The third-order valence-corrected chi connectivity index (χ3v) is 3.35. The quantitative estimate of drug-likeness (QED) is 0.879. The van der Waals surface area contributed by atoms with Crippen molar-refractivity contribution in [2.45, 2.75) is 25.3 Å². The van der Waals surface area contributed by atoms with Crippen molar-refractivity contribution in [1.29, 1.82) is 0 Å². The Morgan fingerprint density at radius 2 is 2.26 bits per heavy atom. The molecule has 0 aliphatic carbocycles. The number of aliphatic carboxylic acids is 1. The number of carbonyl (C=O) groups excluding carboxylic acids is 1. The fourth-order valence-corrected chi connectivity index (χ4v) is 2.27. The number of carboxylic acid groups (broad SMARTS) is 1. The summed E-state index contributed by atoms with van der Waals surface area (Å²) in [6, 6.07) is 2.50. The van der Waals surface area contributed by atoms with Gasteiger partial charge in [-0.25, -0.2) is 9.59 Å². The fourth-order valence-electron chi connectivity index (χ4n) is 2.27. The van der Waals surface area contributed by atoms with E-state index in [1.54, 1.807) is 31.6 Å². The van der Waals surface area contributed by atoms with E-state index in [4.69, 9.17) is 0 Å². The number of piperidine rings is 1. The van der Waals surface area contributed by atoms with E-state index >= 15 is 0 Å². The summed E-state index contributed by atoms with van der Waals surface area (Å²) in [5, 5.41) is 9.19. The van der Waals surface area contributed by atoms with Gasteiger partial charge < -0.3 is 10.0 Å². The maximum atomic E-state index is 12.4. The molecule has 2 heterocycles. The molecule has 0 radical (unpaired) electrons. The number of hydrogen-bond donors (Lipinski definition) is 1. The number of carbonyl (C=O) groups is 2. The lowest BCUT2D eigenvalue weighted by molar-refractivity contribution is -0.143. The van der Waals surface area contributed by atoms with Gasteiger partial charge in [-0.15, -0.1) is 0 Å². The highest BCUT2D eigenvalue weighted by atomic mass is 16.4. The van der Waals surface area contributed by atoms with Gasteiger partial charge in [0.05, 0.1) is 11.9 Å². The first-order valence-electron chi connectivity index (χ1n) is 6.28. The minimum atomic E-state index is -0.937. The number of aromatic nitrogens is 1. The second-order valence-corrected chi connectivity index (χ2v) is 4.60. The van der Waals surface area contributed by atoms with Gasteiger partial charge in [0.2, 0.25) is 0 Å². The predicted octanol–water partition coefficient (Wildman–Crippen LogP) is 1.58. The third-order valence-electron chi connectivity index (χ3n) is 3.35. The molecule has 1 aliphatic rings. The lowest BCUT2D eigenvalue weighted by Gasteiger charge is -2.35. The van der Waals surface area contributed by atoms with Gasteiger partial charge in [-0.3, -0.25) is 9.88 Å². The van der Waals surface area contributed by atoms with Gasteiger partial charge in [0.25, 0.3) is 0 Å². The van der Waals surface area contributed by atoms with E-state index in [1.165, 1.54) is 9.80 Å².